The maximum atomic E-state index is 12.8. The molecule has 27 heavy (non-hydrogen) atoms. The first-order valence-corrected chi connectivity index (χ1v) is 11.4. The molecule has 1 saturated carbocycles. The summed E-state index contributed by atoms with van der Waals surface area (Å²) in [6.07, 6.45) is 3.25. The SMILES string of the molecule is O=C(C1CC1)N1CCc2cc(Br)c(S(=O)(=O)NCCc3ccccc3)cc21. The summed E-state index contributed by atoms with van der Waals surface area (Å²) in [4.78, 5) is 14.4. The second-order valence-electron chi connectivity index (χ2n) is 7.06. The van der Waals surface area contributed by atoms with E-state index in [1.54, 1.807) is 11.0 Å². The van der Waals surface area contributed by atoms with Gasteiger partial charge in [-0.15, -0.1) is 0 Å². The van der Waals surface area contributed by atoms with E-state index in [0.29, 0.717) is 24.0 Å². The van der Waals surface area contributed by atoms with Crippen molar-refractivity contribution in [2.75, 3.05) is 18.0 Å². The molecule has 1 amide bonds. The van der Waals surface area contributed by atoms with Crippen molar-refractivity contribution in [1.82, 2.24) is 4.72 Å². The molecule has 1 fully saturated rings. The molecule has 0 spiro atoms. The molecule has 0 atom stereocenters. The van der Waals surface area contributed by atoms with Gasteiger partial charge in [0.05, 0.1) is 4.90 Å². The zero-order valence-corrected chi connectivity index (χ0v) is 17.2. The van der Waals surface area contributed by atoms with E-state index in [2.05, 4.69) is 20.7 Å². The summed E-state index contributed by atoms with van der Waals surface area (Å²) in [6.45, 7) is 0.947. The Balaban J connectivity index is 1.53. The lowest BCUT2D eigenvalue weighted by molar-refractivity contribution is -0.119. The van der Waals surface area contributed by atoms with Gasteiger partial charge in [0, 0.05) is 29.2 Å². The van der Waals surface area contributed by atoms with Crippen LogP contribution in [0.2, 0.25) is 0 Å². The minimum absolute atomic E-state index is 0.114. The minimum atomic E-state index is -3.67. The quantitative estimate of drug-likeness (QED) is 0.737. The number of benzene rings is 2. The number of nitrogens with one attached hydrogen (secondary N) is 1. The molecule has 0 unspecified atom stereocenters. The second-order valence-corrected chi connectivity index (χ2v) is 9.65. The third kappa shape index (κ3) is 3.95. The van der Waals surface area contributed by atoms with E-state index in [1.807, 2.05) is 36.4 Å². The predicted molar refractivity (Wildman–Crippen MR) is 108 cm³/mol. The molecule has 1 aliphatic heterocycles. The van der Waals surface area contributed by atoms with E-state index in [-0.39, 0.29) is 16.7 Å². The summed E-state index contributed by atoms with van der Waals surface area (Å²) >= 11 is 3.40. The van der Waals surface area contributed by atoms with Crippen LogP contribution in [-0.2, 0) is 27.7 Å². The molecule has 2 aliphatic rings. The van der Waals surface area contributed by atoms with Crippen molar-refractivity contribution in [2.45, 2.75) is 30.6 Å². The van der Waals surface area contributed by atoms with Crippen LogP contribution in [0.25, 0.3) is 0 Å². The number of hydrogen-bond acceptors (Lipinski definition) is 3. The van der Waals surface area contributed by atoms with Crippen LogP contribution in [0.3, 0.4) is 0 Å². The molecule has 142 valence electrons. The molecule has 0 bridgehead atoms. The molecular formula is C20H21BrN2O3S. The lowest BCUT2D eigenvalue weighted by Gasteiger charge is -2.18. The Morgan fingerprint density at radius 1 is 1.19 bits per heavy atom. The van der Waals surface area contributed by atoms with Gasteiger partial charge >= 0.3 is 0 Å². The standard InChI is InChI=1S/C20H21BrN2O3S/c21-17-12-16-9-11-23(20(24)15-6-7-15)18(16)13-19(17)27(25,26)22-10-8-14-4-2-1-3-5-14/h1-5,12-13,15,22H,6-11H2. The topological polar surface area (TPSA) is 66.5 Å². The number of anilines is 1. The third-order valence-corrected chi connectivity index (χ3v) is 7.48. The molecule has 0 radical (unpaired) electrons. The summed E-state index contributed by atoms with van der Waals surface area (Å²) in [6, 6.07) is 13.2. The van der Waals surface area contributed by atoms with Gasteiger partial charge in [-0.1, -0.05) is 30.3 Å². The fourth-order valence-corrected chi connectivity index (χ4v) is 5.56. The maximum absolute atomic E-state index is 12.8. The molecule has 0 saturated heterocycles. The Kier molecular flexibility index (Phi) is 5.09. The van der Waals surface area contributed by atoms with Crippen molar-refractivity contribution in [2.24, 2.45) is 5.92 Å². The van der Waals surface area contributed by atoms with Gasteiger partial charge in [-0.2, -0.15) is 0 Å². The number of rotatable bonds is 6. The average molecular weight is 449 g/mol. The molecular weight excluding hydrogens is 428 g/mol. The molecule has 5 nitrogen and oxygen atoms in total. The van der Waals surface area contributed by atoms with Gasteiger partial charge < -0.3 is 4.90 Å². The highest BCUT2D eigenvalue weighted by atomic mass is 79.9. The number of fused-ring (bicyclic) bond motifs is 1. The molecule has 2 aromatic carbocycles. The van der Waals surface area contributed by atoms with Crippen molar-refractivity contribution in [3.05, 3.63) is 58.1 Å². The largest absolute Gasteiger partial charge is 0.312 e. The van der Waals surface area contributed by atoms with E-state index in [1.165, 1.54) is 0 Å². The second kappa shape index (κ2) is 7.37. The zero-order valence-electron chi connectivity index (χ0n) is 14.8. The Bertz CT molecular complexity index is 972. The summed E-state index contributed by atoms with van der Waals surface area (Å²) in [5, 5.41) is 0. The predicted octanol–water partition coefficient (Wildman–Crippen LogP) is 3.27. The van der Waals surface area contributed by atoms with Crippen molar-refractivity contribution >= 4 is 37.5 Å². The van der Waals surface area contributed by atoms with E-state index in [4.69, 9.17) is 0 Å². The lowest BCUT2D eigenvalue weighted by Crippen LogP contribution is -2.30. The highest BCUT2D eigenvalue weighted by molar-refractivity contribution is 9.10. The van der Waals surface area contributed by atoms with Crippen molar-refractivity contribution in [1.29, 1.82) is 0 Å². The van der Waals surface area contributed by atoms with E-state index in [9.17, 15) is 13.2 Å². The molecule has 1 aliphatic carbocycles. The molecule has 7 heteroatoms. The highest BCUT2D eigenvalue weighted by Gasteiger charge is 2.37. The van der Waals surface area contributed by atoms with Crippen molar-refractivity contribution < 1.29 is 13.2 Å². The number of amides is 1. The Labute approximate surface area is 167 Å². The van der Waals surface area contributed by atoms with Gasteiger partial charge in [0.15, 0.2) is 0 Å². The molecule has 1 heterocycles. The molecule has 2 aromatic rings. The van der Waals surface area contributed by atoms with Crippen LogP contribution in [0.5, 0.6) is 0 Å². The number of hydrogen-bond donors (Lipinski definition) is 1. The first-order chi connectivity index (χ1) is 13.0. The molecule has 1 N–H and O–H groups in total. The smallest absolute Gasteiger partial charge is 0.241 e. The zero-order chi connectivity index (χ0) is 19.0. The highest BCUT2D eigenvalue weighted by Crippen LogP contribution is 2.39. The van der Waals surface area contributed by atoms with Crippen LogP contribution in [0.1, 0.15) is 24.0 Å². The van der Waals surface area contributed by atoms with Crippen molar-refractivity contribution in [3.8, 4) is 0 Å². The van der Waals surface area contributed by atoms with Crippen molar-refractivity contribution in [3.63, 3.8) is 0 Å². The molecule has 4 rings (SSSR count). The first kappa shape index (κ1) is 18.7. The Hall–Kier alpha value is -1.70. The van der Waals surface area contributed by atoms with Gasteiger partial charge in [0.1, 0.15) is 0 Å². The van der Waals surface area contributed by atoms with Gasteiger partial charge in [0.2, 0.25) is 15.9 Å². The van der Waals surface area contributed by atoms with Crippen LogP contribution >= 0.6 is 15.9 Å². The number of carbonyl (C=O) groups excluding carboxylic acids is 1. The summed E-state index contributed by atoms with van der Waals surface area (Å²) < 4.78 is 28.9. The van der Waals surface area contributed by atoms with Gasteiger partial charge in [-0.3, -0.25) is 4.79 Å². The number of nitrogens with zero attached hydrogens (tertiary/aromatic N) is 1. The molecule has 0 aromatic heterocycles. The number of halogens is 1. The van der Waals surface area contributed by atoms with E-state index < -0.39 is 10.0 Å². The van der Waals surface area contributed by atoms with Crippen LogP contribution < -0.4 is 9.62 Å². The van der Waals surface area contributed by atoms with Crippen LogP contribution in [0, 0.1) is 5.92 Å². The van der Waals surface area contributed by atoms with Crippen LogP contribution in [0.15, 0.2) is 51.8 Å². The maximum Gasteiger partial charge on any atom is 0.241 e. The fourth-order valence-electron chi connectivity index (χ4n) is 3.43. The monoisotopic (exact) mass is 448 g/mol. The minimum Gasteiger partial charge on any atom is -0.312 e. The number of carbonyl (C=O) groups is 1. The van der Waals surface area contributed by atoms with E-state index in [0.717, 1.165) is 36.1 Å². The summed E-state index contributed by atoms with van der Waals surface area (Å²) in [5.74, 6) is 0.236. The first-order valence-electron chi connectivity index (χ1n) is 9.13. The van der Waals surface area contributed by atoms with Gasteiger partial charge in [-0.05, 0) is 64.9 Å². The van der Waals surface area contributed by atoms with Crippen LogP contribution in [0.4, 0.5) is 5.69 Å². The van der Waals surface area contributed by atoms with Gasteiger partial charge in [-0.25, -0.2) is 13.1 Å². The van der Waals surface area contributed by atoms with Crippen LogP contribution in [-0.4, -0.2) is 27.4 Å². The fraction of sp³-hybridized carbons (Fsp3) is 0.350. The summed E-state index contributed by atoms with van der Waals surface area (Å²) in [5.41, 5.74) is 2.83. The average Bonchev–Trinajstić information content (AvgIpc) is 3.41. The number of sulfonamides is 1. The Morgan fingerprint density at radius 2 is 1.93 bits per heavy atom. The van der Waals surface area contributed by atoms with E-state index >= 15 is 0 Å². The Morgan fingerprint density at radius 3 is 2.63 bits per heavy atom. The normalized spacial score (nSPS) is 16.4. The third-order valence-electron chi connectivity index (χ3n) is 5.06. The summed E-state index contributed by atoms with van der Waals surface area (Å²) in [7, 11) is -3.67. The van der Waals surface area contributed by atoms with Gasteiger partial charge in [0.25, 0.3) is 0 Å². The lowest BCUT2D eigenvalue weighted by atomic mass is 10.2.